The highest BCUT2D eigenvalue weighted by atomic mass is 79.9. The Labute approximate surface area is 159 Å². The molecule has 1 aromatic heterocycles. The maximum atomic E-state index is 12.8. The van der Waals surface area contributed by atoms with Gasteiger partial charge in [-0.05, 0) is 52.3 Å². The summed E-state index contributed by atoms with van der Waals surface area (Å²) in [7, 11) is 4.65. The molecule has 1 N–H and O–H groups in total. The standard InChI is InChI=1S/C19H17BrN2O4/c1-24-14-7-6-13(12-5-4-8-21-18(12)14)22-19(23)11-9-15(25-2)17(20)16(10-11)26-3/h4-10H,1-3H3,(H,22,23). The van der Waals surface area contributed by atoms with Gasteiger partial charge < -0.3 is 19.5 Å². The minimum Gasteiger partial charge on any atom is -0.495 e. The van der Waals surface area contributed by atoms with E-state index in [-0.39, 0.29) is 5.91 Å². The minimum absolute atomic E-state index is 0.288. The number of hydrogen-bond acceptors (Lipinski definition) is 5. The SMILES string of the molecule is COc1cc(C(=O)Nc2ccc(OC)c3ncccc23)cc(OC)c1Br. The molecular formula is C19H17BrN2O4. The van der Waals surface area contributed by atoms with Crippen molar-refractivity contribution in [3.05, 3.63) is 52.6 Å². The molecular weight excluding hydrogens is 400 g/mol. The lowest BCUT2D eigenvalue weighted by molar-refractivity contribution is 0.102. The van der Waals surface area contributed by atoms with Crippen molar-refractivity contribution < 1.29 is 19.0 Å². The van der Waals surface area contributed by atoms with Crippen molar-refractivity contribution in [2.24, 2.45) is 0 Å². The second-order valence-corrected chi connectivity index (χ2v) is 6.16. The number of rotatable bonds is 5. The Morgan fingerprint density at radius 1 is 1.00 bits per heavy atom. The second kappa shape index (κ2) is 7.61. The van der Waals surface area contributed by atoms with Crippen LogP contribution in [-0.2, 0) is 0 Å². The van der Waals surface area contributed by atoms with E-state index in [1.54, 1.807) is 37.6 Å². The Morgan fingerprint density at radius 2 is 1.65 bits per heavy atom. The number of nitrogens with one attached hydrogen (secondary N) is 1. The molecule has 26 heavy (non-hydrogen) atoms. The summed E-state index contributed by atoms with van der Waals surface area (Å²) in [5, 5.41) is 3.70. The molecule has 0 spiro atoms. The summed E-state index contributed by atoms with van der Waals surface area (Å²) in [6.45, 7) is 0. The van der Waals surface area contributed by atoms with E-state index in [0.29, 0.717) is 38.5 Å². The number of anilines is 1. The van der Waals surface area contributed by atoms with Crippen LogP contribution in [-0.4, -0.2) is 32.2 Å². The molecule has 1 heterocycles. The van der Waals surface area contributed by atoms with Crippen LogP contribution >= 0.6 is 15.9 Å². The third kappa shape index (κ3) is 3.30. The molecule has 1 amide bonds. The predicted molar refractivity (Wildman–Crippen MR) is 103 cm³/mol. The number of halogens is 1. The maximum Gasteiger partial charge on any atom is 0.255 e. The number of aromatic nitrogens is 1. The van der Waals surface area contributed by atoms with Gasteiger partial charge in [-0.25, -0.2) is 0 Å². The minimum atomic E-state index is -0.288. The molecule has 3 aromatic rings. The Bertz CT molecular complexity index is 950. The normalized spacial score (nSPS) is 10.5. The van der Waals surface area contributed by atoms with Crippen molar-refractivity contribution in [2.75, 3.05) is 26.6 Å². The van der Waals surface area contributed by atoms with Crippen LogP contribution < -0.4 is 19.5 Å². The smallest absolute Gasteiger partial charge is 0.255 e. The van der Waals surface area contributed by atoms with Gasteiger partial charge in [-0.2, -0.15) is 0 Å². The maximum absolute atomic E-state index is 12.8. The Balaban J connectivity index is 2.00. The van der Waals surface area contributed by atoms with Crippen molar-refractivity contribution >= 4 is 38.4 Å². The number of nitrogens with zero attached hydrogens (tertiary/aromatic N) is 1. The third-order valence-corrected chi connectivity index (χ3v) is 4.69. The van der Waals surface area contributed by atoms with Gasteiger partial charge in [0, 0.05) is 17.1 Å². The summed E-state index contributed by atoms with van der Waals surface area (Å²) in [5.41, 5.74) is 1.73. The van der Waals surface area contributed by atoms with E-state index in [9.17, 15) is 4.79 Å². The third-order valence-electron chi connectivity index (χ3n) is 3.91. The van der Waals surface area contributed by atoms with E-state index in [4.69, 9.17) is 14.2 Å². The van der Waals surface area contributed by atoms with Crippen LogP contribution in [0.5, 0.6) is 17.2 Å². The molecule has 2 aromatic carbocycles. The van der Waals surface area contributed by atoms with Gasteiger partial charge >= 0.3 is 0 Å². The van der Waals surface area contributed by atoms with Gasteiger partial charge in [0.15, 0.2) is 0 Å². The summed E-state index contributed by atoms with van der Waals surface area (Å²) >= 11 is 3.40. The van der Waals surface area contributed by atoms with Gasteiger partial charge in [-0.3, -0.25) is 9.78 Å². The molecule has 0 aliphatic rings. The molecule has 0 aliphatic carbocycles. The Morgan fingerprint density at radius 3 is 2.27 bits per heavy atom. The summed E-state index contributed by atoms with van der Waals surface area (Å²) in [6.07, 6.45) is 1.68. The van der Waals surface area contributed by atoms with E-state index in [1.165, 1.54) is 14.2 Å². The van der Waals surface area contributed by atoms with Crippen LogP contribution in [0.4, 0.5) is 5.69 Å². The van der Waals surface area contributed by atoms with E-state index < -0.39 is 0 Å². The Hall–Kier alpha value is -2.80. The number of fused-ring (bicyclic) bond motifs is 1. The van der Waals surface area contributed by atoms with Crippen molar-refractivity contribution in [1.82, 2.24) is 4.98 Å². The van der Waals surface area contributed by atoms with Gasteiger partial charge in [0.25, 0.3) is 5.91 Å². The first kappa shape index (κ1) is 18.0. The van der Waals surface area contributed by atoms with Gasteiger partial charge in [0.05, 0.1) is 27.0 Å². The second-order valence-electron chi connectivity index (χ2n) is 5.36. The first-order valence-electron chi connectivity index (χ1n) is 7.73. The molecule has 7 heteroatoms. The molecule has 6 nitrogen and oxygen atoms in total. The fourth-order valence-corrected chi connectivity index (χ4v) is 3.17. The first-order valence-corrected chi connectivity index (χ1v) is 8.53. The van der Waals surface area contributed by atoms with Crippen molar-refractivity contribution in [3.63, 3.8) is 0 Å². The molecule has 3 rings (SSSR count). The van der Waals surface area contributed by atoms with Crippen molar-refractivity contribution in [2.45, 2.75) is 0 Å². The first-order chi connectivity index (χ1) is 12.6. The highest BCUT2D eigenvalue weighted by Crippen LogP contribution is 2.36. The van der Waals surface area contributed by atoms with Crippen LogP contribution in [0.25, 0.3) is 10.9 Å². The fraction of sp³-hybridized carbons (Fsp3) is 0.158. The summed E-state index contributed by atoms with van der Waals surface area (Å²) in [6, 6.07) is 10.5. The van der Waals surface area contributed by atoms with E-state index in [2.05, 4.69) is 26.2 Å². The number of amides is 1. The van der Waals surface area contributed by atoms with Gasteiger partial charge in [0.1, 0.15) is 27.2 Å². The molecule has 134 valence electrons. The number of benzene rings is 2. The highest BCUT2D eigenvalue weighted by molar-refractivity contribution is 9.10. The number of pyridine rings is 1. The van der Waals surface area contributed by atoms with Crippen LogP contribution in [0.2, 0.25) is 0 Å². The molecule has 0 saturated carbocycles. The monoisotopic (exact) mass is 416 g/mol. The van der Waals surface area contributed by atoms with E-state index in [0.717, 1.165) is 5.39 Å². The van der Waals surface area contributed by atoms with Crippen LogP contribution in [0.1, 0.15) is 10.4 Å². The zero-order chi connectivity index (χ0) is 18.7. The van der Waals surface area contributed by atoms with Crippen LogP contribution in [0.3, 0.4) is 0 Å². The molecule has 0 radical (unpaired) electrons. The number of methoxy groups -OCH3 is 3. The molecule has 0 fully saturated rings. The van der Waals surface area contributed by atoms with Crippen LogP contribution in [0.15, 0.2) is 47.1 Å². The zero-order valence-electron chi connectivity index (χ0n) is 14.5. The van der Waals surface area contributed by atoms with Crippen LogP contribution in [0, 0.1) is 0 Å². The van der Waals surface area contributed by atoms with Crippen molar-refractivity contribution in [1.29, 1.82) is 0 Å². The largest absolute Gasteiger partial charge is 0.495 e. The summed E-state index contributed by atoms with van der Waals surface area (Å²) in [5.74, 6) is 1.38. The zero-order valence-corrected chi connectivity index (χ0v) is 16.1. The topological polar surface area (TPSA) is 69.7 Å². The molecule has 0 aliphatic heterocycles. The number of ether oxygens (including phenoxy) is 3. The van der Waals surface area contributed by atoms with Gasteiger partial charge in [-0.15, -0.1) is 0 Å². The molecule has 0 saturated heterocycles. The van der Waals surface area contributed by atoms with Crippen molar-refractivity contribution in [3.8, 4) is 17.2 Å². The molecule has 0 unspecified atom stereocenters. The Kier molecular flexibility index (Phi) is 5.27. The fourth-order valence-electron chi connectivity index (χ4n) is 2.62. The van der Waals surface area contributed by atoms with Gasteiger partial charge in [-0.1, -0.05) is 0 Å². The number of carbonyl (C=O) groups is 1. The van der Waals surface area contributed by atoms with E-state index in [1.807, 2.05) is 12.1 Å². The summed E-state index contributed by atoms with van der Waals surface area (Å²) < 4.78 is 16.6. The lowest BCUT2D eigenvalue weighted by Crippen LogP contribution is -2.13. The van der Waals surface area contributed by atoms with Gasteiger partial charge in [0.2, 0.25) is 0 Å². The van der Waals surface area contributed by atoms with E-state index >= 15 is 0 Å². The average Bonchev–Trinajstić information content (AvgIpc) is 2.68. The molecule has 0 atom stereocenters. The average molecular weight is 417 g/mol. The summed E-state index contributed by atoms with van der Waals surface area (Å²) in [4.78, 5) is 17.1. The quantitative estimate of drug-likeness (QED) is 0.672. The predicted octanol–water partition coefficient (Wildman–Crippen LogP) is 4.28. The number of hydrogen-bond donors (Lipinski definition) is 1. The number of carbonyl (C=O) groups excluding carboxylic acids is 1. The lowest BCUT2D eigenvalue weighted by Gasteiger charge is -2.13. The lowest BCUT2D eigenvalue weighted by atomic mass is 10.1. The molecule has 0 bridgehead atoms. The highest BCUT2D eigenvalue weighted by Gasteiger charge is 2.16.